The van der Waals surface area contributed by atoms with Gasteiger partial charge in [-0.2, -0.15) is 0 Å². The molecule has 2 N–H and O–H groups in total. The fourth-order valence-corrected chi connectivity index (χ4v) is 4.00. The normalized spacial score (nSPS) is 25.4. The predicted molar refractivity (Wildman–Crippen MR) is 82.9 cm³/mol. The van der Waals surface area contributed by atoms with E-state index in [9.17, 15) is 0 Å². The molecule has 0 radical (unpaired) electrons. The van der Waals surface area contributed by atoms with Crippen molar-refractivity contribution in [3.63, 3.8) is 0 Å². The third kappa shape index (κ3) is 3.80. The molecule has 2 fully saturated rings. The lowest BCUT2D eigenvalue weighted by Gasteiger charge is -2.31. The van der Waals surface area contributed by atoms with Crippen LogP contribution < -0.4 is 5.73 Å². The minimum Gasteiger partial charge on any atom is -0.374 e. The zero-order chi connectivity index (χ0) is 13.8. The van der Waals surface area contributed by atoms with Gasteiger partial charge in [0.05, 0.1) is 12.7 Å². The number of likely N-dealkylation sites (tertiary alicyclic amines) is 1. The average Bonchev–Trinajstić information content (AvgIpc) is 3.12. The molecule has 2 saturated heterocycles. The molecule has 1 atom stereocenters. The summed E-state index contributed by atoms with van der Waals surface area (Å²) in [5, 5.41) is 2.33. The van der Waals surface area contributed by atoms with Crippen LogP contribution >= 0.6 is 11.3 Å². The van der Waals surface area contributed by atoms with E-state index in [0.29, 0.717) is 6.54 Å². The molecular weight excluding hydrogens is 270 g/mol. The summed E-state index contributed by atoms with van der Waals surface area (Å²) < 4.78 is 5.62. The predicted octanol–water partition coefficient (Wildman–Crippen LogP) is 1.50. The van der Waals surface area contributed by atoms with E-state index in [2.05, 4.69) is 21.2 Å². The van der Waals surface area contributed by atoms with E-state index in [1.807, 2.05) is 11.3 Å². The Balaban J connectivity index is 1.51. The molecule has 5 heteroatoms. The Hall–Kier alpha value is -0.460. The van der Waals surface area contributed by atoms with Crippen molar-refractivity contribution in [3.8, 4) is 0 Å². The van der Waals surface area contributed by atoms with Crippen LogP contribution in [0.2, 0.25) is 0 Å². The standard InChI is InChI=1S/C15H25N3OS/c16-8-14-10-18(5-6-19-14)11-15-7-13(12-20-15)9-17-3-1-2-4-17/h7,12,14H,1-6,8-11,16H2. The third-order valence-corrected chi connectivity index (χ3v) is 5.15. The maximum absolute atomic E-state index is 5.70. The lowest BCUT2D eigenvalue weighted by atomic mass is 10.2. The van der Waals surface area contributed by atoms with E-state index in [1.54, 1.807) is 0 Å². The highest BCUT2D eigenvalue weighted by molar-refractivity contribution is 7.10. The van der Waals surface area contributed by atoms with Gasteiger partial charge in [-0.1, -0.05) is 0 Å². The molecule has 20 heavy (non-hydrogen) atoms. The molecule has 1 aromatic heterocycles. The Bertz CT molecular complexity index is 417. The fourth-order valence-electron chi connectivity index (χ4n) is 3.08. The molecule has 0 spiro atoms. The van der Waals surface area contributed by atoms with Crippen molar-refractivity contribution in [3.05, 3.63) is 21.9 Å². The molecule has 1 aromatic rings. The average molecular weight is 295 g/mol. The summed E-state index contributed by atoms with van der Waals surface area (Å²) in [5.41, 5.74) is 7.18. The van der Waals surface area contributed by atoms with E-state index in [-0.39, 0.29) is 6.10 Å². The minimum absolute atomic E-state index is 0.216. The second-order valence-corrected chi connectivity index (χ2v) is 6.86. The van der Waals surface area contributed by atoms with Crippen molar-refractivity contribution < 1.29 is 4.74 Å². The minimum atomic E-state index is 0.216. The smallest absolute Gasteiger partial charge is 0.0824 e. The Kier molecular flexibility index (Phi) is 5.07. The molecule has 2 aliphatic heterocycles. The number of nitrogens with zero attached hydrogens (tertiary/aromatic N) is 2. The van der Waals surface area contributed by atoms with E-state index in [4.69, 9.17) is 10.5 Å². The summed E-state index contributed by atoms with van der Waals surface area (Å²) in [5.74, 6) is 0. The lowest BCUT2D eigenvalue weighted by Crippen LogP contribution is -2.44. The molecule has 112 valence electrons. The molecule has 0 saturated carbocycles. The van der Waals surface area contributed by atoms with Crippen molar-refractivity contribution in [1.82, 2.24) is 9.80 Å². The number of nitrogens with two attached hydrogens (primary N) is 1. The van der Waals surface area contributed by atoms with Gasteiger partial charge in [-0.15, -0.1) is 11.3 Å². The Labute approximate surface area is 125 Å². The van der Waals surface area contributed by atoms with Crippen LogP contribution in [0.3, 0.4) is 0 Å². The first-order valence-electron chi connectivity index (χ1n) is 7.66. The van der Waals surface area contributed by atoms with Gasteiger partial charge in [0, 0.05) is 37.6 Å². The number of rotatable bonds is 5. The molecule has 3 heterocycles. The van der Waals surface area contributed by atoms with E-state index < -0.39 is 0 Å². The molecular formula is C15H25N3OS. The molecule has 0 amide bonds. The van der Waals surface area contributed by atoms with Crippen LogP contribution in [-0.2, 0) is 17.8 Å². The van der Waals surface area contributed by atoms with E-state index in [1.165, 1.54) is 36.4 Å². The van der Waals surface area contributed by atoms with Gasteiger partial charge in [0.2, 0.25) is 0 Å². The van der Waals surface area contributed by atoms with Gasteiger partial charge in [0.25, 0.3) is 0 Å². The van der Waals surface area contributed by atoms with Crippen molar-refractivity contribution in [2.75, 3.05) is 39.3 Å². The van der Waals surface area contributed by atoms with Gasteiger partial charge in [-0.3, -0.25) is 9.80 Å². The largest absolute Gasteiger partial charge is 0.374 e. The van der Waals surface area contributed by atoms with Gasteiger partial charge >= 0.3 is 0 Å². The SMILES string of the molecule is NCC1CN(Cc2cc(CN3CCCC3)cs2)CCO1. The van der Waals surface area contributed by atoms with Gasteiger partial charge in [0.15, 0.2) is 0 Å². The van der Waals surface area contributed by atoms with Crippen molar-refractivity contribution in [1.29, 1.82) is 0 Å². The highest BCUT2D eigenvalue weighted by Gasteiger charge is 2.20. The quantitative estimate of drug-likeness (QED) is 0.894. The van der Waals surface area contributed by atoms with Crippen LogP contribution in [0.1, 0.15) is 23.3 Å². The molecule has 4 nitrogen and oxygen atoms in total. The summed E-state index contributed by atoms with van der Waals surface area (Å²) in [4.78, 5) is 6.49. The summed E-state index contributed by atoms with van der Waals surface area (Å²) in [7, 11) is 0. The van der Waals surface area contributed by atoms with Crippen LogP contribution in [0.25, 0.3) is 0 Å². The number of ether oxygens (including phenoxy) is 1. The number of morpholine rings is 1. The molecule has 0 aromatic carbocycles. The van der Waals surface area contributed by atoms with Crippen molar-refractivity contribution >= 4 is 11.3 Å². The molecule has 3 rings (SSSR count). The van der Waals surface area contributed by atoms with Gasteiger partial charge in [-0.05, 0) is 42.9 Å². The first kappa shape index (κ1) is 14.5. The van der Waals surface area contributed by atoms with Crippen LogP contribution in [0, 0.1) is 0 Å². The lowest BCUT2D eigenvalue weighted by molar-refractivity contribution is -0.0257. The topological polar surface area (TPSA) is 41.7 Å². The van der Waals surface area contributed by atoms with E-state index in [0.717, 1.165) is 32.8 Å². The first-order valence-corrected chi connectivity index (χ1v) is 8.54. The monoisotopic (exact) mass is 295 g/mol. The second-order valence-electron chi connectivity index (χ2n) is 5.87. The summed E-state index contributed by atoms with van der Waals surface area (Å²) in [6, 6.07) is 2.38. The first-order chi connectivity index (χ1) is 9.83. The maximum Gasteiger partial charge on any atom is 0.0824 e. The Morgan fingerprint density at radius 2 is 2.05 bits per heavy atom. The van der Waals surface area contributed by atoms with Gasteiger partial charge < -0.3 is 10.5 Å². The molecule has 0 aliphatic carbocycles. The summed E-state index contributed by atoms with van der Waals surface area (Å²) in [6.45, 7) is 8.15. The second kappa shape index (κ2) is 7.00. The van der Waals surface area contributed by atoms with Crippen LogP contribution in [-0.4, -0.2) is 55.2 Å². The number of thiophene rings is 1. The van der Waals surface area contributed by atoms with Crippen LogP contribution in [0.5, 0.6) is 0 Å². The highest BCUT2D eigenvalue weighted by atomic mass is 32.1. The number of hydrogen-bond acceptors (Lipinski definition) is 5. The van der Waals surface area contributed by atoms with Gasteiger partial charge in [0.1, 0.15) is 0 Å². The number of hydrogen-bond donors (Lipinski definition) is 1. The zero-order valence-electron chi connectivity index (χ0n) is 12.1. The Morgan fingerprint density at radius 3 is 2.85 bits per heavy atom. The zero-order valence-corrected chi connectivity index (χ0v) is 12.9. The summed E-state index contributed by atoms with van der Waals surface area (Å²) in [6.07, 6.45) is 2.95. The third-order valence-electron chi connectivity index (χ3n) is 4.18. The molecule has 1 unspecified atom stereocenters. The van der Waals surface area contributed by atoms with E-state index >= 15 is 0 Å². The Morgan fingerprint density at radius 1 is 1.20 bits per heavy atom. The highest BCUT2D eigenvalue weighted by Crippen LogP contribution is 2.21. The van der Waals surface area contributed by atoms with Crippen molar-refractivity contribution in [2.45, 2.75) is 32.0 Å². The molecule has 2 aliphatic rings. The van der Waals surface area contributed by atoms with Crippen molar-refractivity contribution in [2.24, 2.45) is 5.73 Å². The fraction of sp³-hybridized carbons (Fsp3) is 0.733. The summed E-state index contributed by atoms with van der Waals surface area (Å²) >= 11 is 1.89. The molecule has 0 bridgehead atoms. The van der Waals surface area contributed by atoms with Crippen LogP contribution in [0.15, 0.2) is 11.4 Å². The van der Waals surface area contributed by atoms with Crippen LogP contribution in [0.4, 0.5) is 0 Å². The maximum atomic E-state index is 5.70. The van der Waals surface area contributed by atoms with Gasteiger partial charge in [-0.25, -0.2) is 0 Å².